The van der Waals surface area contributed by atoms with Crippen LogP contribution in [0, 0.1) is 0 Å². The molecule has 0 radical (unpaired) electrons. The van der Waals surface area contributed by atoms with Crippen LogP contribution < -0.4 is 15.2 Å². The fourth-order valence-corrected chi connectivity index (χ4v) is 2.92. The number of hydrogen-bond acceptors (Lipinski definition) is 6. The first-order chi connectivity index (χ1) is 13.4. The van der Waals surface area contributed by atoms with Gasteiger partial charge < -0.3 is 10.1 Å². The van der Waals surface area contributed by atoms with Crippen molar-refractivity contribution in [1.82, 2.24) is 15.3 Å². The lowest BCUT2D eigenvalue weighted by Crippen LogP contribution is -2.28. The number of hydrogen-bond donors (Lipinski definition) is 2. The number of carbonyl (C=O) groups excluding carboxylic acids is 1. The monoisotopic (exact) mass is 398 g/mol. The lowest BCUT2D eigenvalue weighted by atomic mass is 10.1. The summed E-state index contributed by atoms with van der Waals surface area (Å²) in [7, 11) is -3.71. The molecule has 1 amide bonds. The first-order valence-electron chi connectivity index (χ1n) is 8.37. The second-order valence-corrected chi connectivity index (χ2v) is 7.43. The van der Waals surface area contributed by atoms with E-state index in [1.54, 1.807) is 12.1 Å². The van der Waals surface area contributed by atoms with Gasteiger partial charge in [-0.2, -0.15) is 0 Å². The summed E-state index contributed by atoms with van der Waals surface area (Å²) in [6.07, 6.45) is 2.74. The maximum absolute atomic E-state index is 11.9. The molecule has 8 nitrogen and oxygen atoms in total. The molecule has 0 saturated heterocycles. The van der Waals surface area contributed by atoms with E-state index in [1.807, 2.05) is 30.3 Å². The van der Waals surface area contributed by atoms with Crippen LogP contribution in [0.15, 0.2) is 71.9 Å². The molecule has 3 aromatic rings. The number of nitrogens with one attached hydrogen (secondary N) is 1. The van der Waals surface area contributed by atoms with Crippen LogP contribution in [-0.2, 0) is 16.4 Å². The zero-order chi connectivity index (χ0) is 20.0. The Morgan fingerprint density at radius 2 is 1.64 bits per heavy atom. The average molecular weight is 398 g/mol. The Balaban J connectivity index is 1.48. The molecular weight excluding hydrogens is 380 g/mol. The molecule has 0 fully saturated rings. The maximum atomic E-state index is 11.9. The zero-order valence-corrected chi connectivity index (χ0v) is 15.6. The molecule has 0 bridgehead atoms. The molecule has 0 aliphatic carbocycles. The zero-order valence-electron chi connectivity index (χ0n) is 14.8. The summed E-state index contributed by atoms with van der Waals surface area (Å²) in [5.74, 6) is 0.769. The van der Waals surface area contributed by atoms with Crippen LogP contribution >= 0.6 is 0 Å². The minimum absolute atomic E-state index is 0.0440. The molecule has 0 aliphatic heterocycles. The third-order valence-corrected chi connectivity index (χ3v) is 4.73. The Morgan fingerprint density at radius 1 is 1.00 bits per heavy atom. The molecule has 1 heterocycles. The predicted octanol–water partition coefficient (Wildman–Crippen LogP) is 2.12. The van der Waals surface area contributed by atoms with E-state index < -0.39 is 16.1 Å². The number of benzene rings is 2. The SMILES string of the molecule is NS(=O)(=O)c1ccc(CCNC(=O)Oc2cnc(-c3ccccc3)nc2)cc1. The van der Waals surface area contributed by atoms with Gasteiger partial charge in [-0.1, -0.05) is 42.5 Å². The van der Waals surface area contributed by atoms with Crippen LogP contribution in [0.1, 0.15) is 5.56 Å². The molecule has 9 heteroatoms. The number of carbonyl (C=O) groups is 1. The molecular formula is C19H18N4O4S. The first kappa shape index (κ1) is 19.5. The van der Waals surface area contributed by atoms with Crippen molar-refractivity contribution in [2.24, 2.45) is 5.14 Å². The molecule has 3 N–H and O–H groups in total. The van der Waals surface area contributed by atoms with Gasteiger partial charge in [-0.05, 0) is 24.1 Å². The van der Waals surface area contributed by atoms with Crippen LogP contribution in [0.25, 0.3) is 11.4 Å². The van der Waals surface area contributed by atoms with Crippen molar-refractivity contribution in [3.8, 4) is 17.1 Å². The minimum atomic E-state index is -3.71. The van der Waals surface area contributed by atoms with Crippen LogP contribution in [-0.4, -0.2) is 31.0 Å². The van der Waals surface area contributed by atoms with Gasteiger partial charge in [0.25, 0.3) is 0 Å². The summed E-state index contributed by atoms with van der Waals surface area (Å²) in [6, 6.07) is 15.6. The molecule has 0 atom stereocenters. The van der Waals surface area contributed by atoms with Crippen molar-refractivity contribution >= 4 is 16.1 Å². The fraction of sp³-hybridized carbons (Fsp3) is 0.105. The topological polar surface area (TPSA) is 124 Å². The van der Waals surface area contributed by atoms with Crippen molar-refractivity contribution in [1.29, 1.82) is 0 Å². The number of aromatic nitrogens is 2. The summed E-state index contributed by atoms with van der Waals surface area (Å²) in [5.41, 5.74) is 1.72. The molecule has 144 valence electrons. The van der Waals surface area contributed by atoms with Gasteiger partial charge in [0.1, 0.15) is 0 Å². The van der Waals surface area contributed by atoms with Crippen LogP contribution in [0.2, 0.25) is 0 Å². The van der Waals surface area contributed by atoms with Gasteiger partial charge in [0.2, 0.25) is 10.0 Å². The van der Waals surface area contributed by atoms with Gasteiger partial charge in [-0.25, -0.2) is 28.3 Å². The molecule has 2 aromatic carbocycles. The van der Waals surface area contributed by atoms with E-state index in [9.17, 15) is 13.2 Å². The second-order valence-electron chi connectivity index (χ2n) is 5.86. The van der Waals surface area contributed by atoms with Crippen molar-refractivity contribution in [3.05, 3.63) is 72.6 Å². The minimum Gasteiger partial charge on any atom is -0.407 e. The van der Waals surface area contributed by atoms with Gasteiger partial charge in [0.15, 0.2) is 11.6 Å². The molecule has 28 heavy (non-hydrogen) atoms. The van der Waals surface area contributed by atoms with E-state index in [0.717, 1.165) is 11.1 Å². The number of sulfonamides is 1. The van der Waals surface area contributed by atoms with Gasteiger partial charge in [0, 0.05) is 12.1 Å². The maximum Gasteiger partial charge on any atom is 0.412 e. The fourth-order valence-electron chi connectivity index (χ4n) is 2.40. The highest BCUT2D eigenvalue weighted by molar-refractivity contribution is 7.89. The summed E-state index contributed by atoms with van der Waals surface area (Å²) in [6.45, 7) is 0.316. The van der Waals surface area contributed by atoms with Gasteiger partial charge in [0.05, 0.1) is 17.3 Å². The van der Waals surface area contributed by atoms with Crippen LogP contribution in [0.5, 0.6) is 5.75 Å². The van der Waals surface area contributed by atoms with E-state index in [1.165, 1.54) is 24.5 Å². The van der Waals surface area contributed by atoms with E-state index in [-0.39, 0.29) is 10.6 Å². The van der Waals surface area contributed by atoms with Crippen molar-refractivity contribution < 1.29 is 17.9 Å². The number of amides is 1. The number of rotatable bonds is 6. The highest BCUT2D eigenvalue weighted by atomic mass is 32.2. The Bertz CT molecular complexity index is 1040. The Morgan fingerprint density at radius 3 is 2.25 bits per heavy atom. The molecule has 1 aromatic heterocycles. The molecule has 3 rings (SSSR count). The average Bonchev–Trinajstić information content (AvgIpc) is 2.69. The first-order valence-corrected chi connectivity index (χ1v) is 9.91. The van der Waals surface area contributed by atoms with Crippen LogP contribution in [0.4, 0.5) is 4.79 Å². The van der Waals surface area contributed by atoms with Crippen LogP contribution in [0.3, 0.4) is 0 Å². The lowest BCUT2D eigenvalue weighted by molar-refractivity contribution is 0.200. The molecule has 0 spiro atoms. The Kier molecular flexibility index (Phi) is 5.97. The predicted molar refractivity (Wildman–Crippen MR) is 103 cm³/mol. The number of ether oxygens (including phenoxy) is 1. The van der Waals surface area contributed by atoms with Gasteiger partial charge in [-0.15, -0.1) is 0 Å². The third-order valence-electron chi connectivity index (χ3n) is 3.81. The summed E-state index contributed by atoms with van der Waals surface area (Å²) >= 11 is 0. The number of nitrogens with two attached hydrogens (primary N) is 1. The van der Waals surface area contributed by atoms with Crippen molar-refractivity contribution in [2.75, 3.05) is 6.54 Å². The van der Waals surface area contributed by atoms with E-state index in [0.29, 0.717) is 18.8 Å². The summed E-state index contributed by atoms with van der Waals surface area (Å²) < 4.78 is 27.6. The normalized spacial score (nSPS) is 11.0. The van der Waals surface area contributed by atoms with Crippen molar-refractivity contribution in [2.45, 2.75) is 11.3 Å². The summed E-state index contributed by atoms with van der Waals surface area (Å²) in [4.78, 5) is 20.3. The summed E-state index contributed by atoms with van der Waals surface area (Å²) in [5, 5.41) is 7.66. The Hall–Kier alpha value is -3.30. The van der Waals surface area contributed by atoms with Crippen molar-refractivity contribution in [3.63, 3.8) is 0 Å². The molecule has 0 saturated carbocycles. The quantitative estimate of drug-likeness (QED) is 0.655. The van der Waals surface area contributed by atoms with E-state index in [4.69, 9.17) is 9.88 Å². The van der Waals surface area contributed by atoms with Gasteiger partial charge in [-0.3, -0.25) is 0 Å². The highest BCUT2D eigenvalue weighted by Gasteiger charge is 2.08. The number of nitrogens with zero attached hydrogens (tertiary/aromatic N) is 2. The molecule has 0 aliphatic rings. The largest absolute Gasteiger partial charge is 0.412 e. The second kappa shape index (κ2) is 8.59. The third kappa shape index (κ3) is 5.35. The standard InChI is InChI=1S/C19H18N4O4S/c20-28(25,26)17-8-6-14(7-9-17)10-11-21-19(24)27-16-12-22-18(23-13-16)15-4-2-1-3-5-15/h1-9,12-13H,10-11H2,(H,21,24)(H2,20,25,26). The lowest BCUT2D eigenvalue weighted by Gasteiger charge is -2.07. The van der Waals surface area contributed by atoms with E-state index >= 15 is 0 Å². The van der Waals surface area contributed by atoms with E-state index in [2.05, 4.69) is 15.3 Å². The smallest absolute Gasteiger partial charge is 0.407 e. The number of primary sulfonamides is 1. The highest BCUT2D eigenvalue weighted by Crippen LogP contribution is 2.16. The molecule has 0 unspecified atom stereocenters. The Labute approximate surface area is 162 Å². The van der Waals surface area contributed by atoms with Gasteiger partial charge >= 0.3 is 6.09 Å².